The second kappa shape index (κ2) is 8.74. The molecule has 2 aromatic heterocycles. The van der Waals surface area contributed by atoms with Crippen LogP contribution in [0.5, 0.6) is 0 Å². The molecule has 0 bridgehead atoms. The fourth-order valence-corrected chi connectivity index (χ4v) is 4.56. The van der Waals surface area contributed by atoms with Crippen molar-refractivity contribution in [1.29, 1.82) is 0 Å². The first kappa shape index (κ1) is 21.8. The molecular formula is C27H27N5O2. The summed E-state index contributed by atoms with van der Waals surface area (Å²) in [5.74, 6) is 0.865. The number of allylic oxidation sites excluding steroid dienone is 1. The average molecular weight is 454 g/mol. The van der Waals surface area contributed by atoms with Crippen LogP contribution in [0.1, 0.15) is 27.9 Å². The van der Waals surface area contributed by atoms with Crippen LogP contribution >= 0.6 is 0 Å². The first-order chi connectivity index (χ1) is 16.5. The van der Waals surface area contributed by atoms with Crippen LogP contribution in [0.3, 0.4) is 0 Å². The van der Waals surface area contributed by atoms with Gasteiger partial charge in [0.05, 0.1) is 6.42 Å². The van der Waals surface area contributed by atoms with E-state index in [2.05, 4.69) is 28.8 Å². The van der Waals surface area contributed by atoms with Crippen molar-refractivity contribution < 1.29 is 4.79 Å². The number of fused-ring (bicyclic) bond motifs is 2. The zero-order valence-corrected chi connectivity index (χ0v) is 19.5. The van der Waals surface area contributed by atoms with E-state index >= 15 is 0 Å². The second-order valence-corrected chi connectivity index (χ2v) is 8.79. The van der Waals surface area contributed by atoms with Crippen molar-refractivity contribution in [3.05, 3.63) is 99.5 Å². The lowest BCUT2D eigenvalue weighted by Gasteiger charge is -2.29. The smallest absolute Gasteiger partial charge is 0.279 e. The number of amides is 1. The van der Waals surface area contributed by atoms with Gasteiger partial charge in [0.1, 0.15) is 0 Å². The Morgan fingerprint density at radius 1 is 1.09 bits per heavy atom. The van der Waals surface area contributed by atoms with Crippen LogP contribution in [-0.2, 0) is 30.7 Å². The predicted octanol–water partition coefficient (Wildman–Crippen LogP) is 3.49. The maximum Gasteiger partial charge on any atom is 0.279 e. The quantitative estimate of drug-likeness (QED) is 0.434. The summed E-state index contributed by atoms with van der Waals surface area (Å²) in [5, 5.41) is 4.52. The molecule has 0 radical (unpaired) electrons. The summed E-state index contributed by atoms with van der Waals surface area (Å²) >= 11 is 0. The average Bonchev–Trinajstić information content (AvgIpc) is 3.30. The van der Waals surface area contributed by atoms with E-state index in [4.69, 9.17) is 0 Å². The van der Waals surface area contributed by atoms with Crippen LogP contribution in [0.15, 0.2) is 66.0 Å². The van der Waals surface area contributed by atoms with Gasteiger partial charge < -0.3 is 9.47 Å². The molecule has 1 amide bonds. The lowest BCUT2D eigenvalue weighted by atomic mass is 9.99. The molecule has 7 nitrogen and oxygen atoms in total. The zero-order chi connectivity index (χ0) is 23.8. The Balaban J connectivity index is 1.53. The second-order valence-electron chi connectivity index (χ2n) is 8.79. The Hall–Kier alpha value is -4.00. The highest BCUT2D eigenvalue weighted by molar-refractivity contribution is 5.79. The molecule has 0 atom stereocenters. The summed E-state index contributed by atoms with van der Waals surface area (Å²) in [6.45, 7) is 9.41. The Morgan fingerprint density at radius 2 is 1.82 bits per heavy atom. The normalized spacial score (nSPS) is 13.2. The minimum Gasteiger partial charge on any atom is -0.338 e. The number of hydrogen-bond acceptors (Lipinski definition) is 4. The minimum absolute atomic E-state index is 0.0274. The van der Waals surface area contributed by atoms with Gasteiger partial charge in [-0.1, -0.05) is 60.2 Å². The number of hydrogen-bond donors (Lipinski definition) is 0. The highest BCUT2D eigenvalue weighted by Crippen LogP contribution is 2.21. The van der Waals surface area contributed by atoms with Crippen molar-refractivity contribution in [3.8, 4) is 11.4 Å². The van der Waals surface area contributed by atoms with Crippen LogP contribution in [0, 0.1) is 13.8 Å². The van der Waals surface area contributed by atoms with Crippen LogP contribution in [0.2, 0.25) is 0 Å². The van der Waals surface area contributed by atoms with Crippen molar-refractivity contribution in [2.24, 2.45) is 0 Å². The first-order valence-corrected chi connectivity index (χ1v) is 11.5. The number of aryl methyl sites for hydroxylation is 1. The lowest BCUT2D eigenvalue weighted by Crippen LogP contribution is -2.38. The van der Waals surface area contributed by atoms with Crippen LogP contribution in [-0.4, -0.2) is 36.5 Å². The largest absolute Gasteiger partial charge is 0.338 e. The molecule has 0 unspecified atom stereocenters. The van der Waals surface area contributed by atoms with E-state index in [9.17, 15) is 9.59 Å². The Kier molecular flexibility index (Phi) is 5.61. The molecule has 4 aromatic rings. The fourth-order valence-electron chi connectivity index (χ4n) is 4.56. The topological polar surface area (TPSA) is 72.5 Å². The van der Waals surface area contributed by atoms with Gasteiger partial charge in [-0.3, -0.25) is 9.59 Å². The van der Waals surface area contributed by atoms with Crippen LogP contribution in [0.25, 0.3) is 17.2 Å². The van der Waals surface area contributed by atoms with Gasteiger partial charge in [-0.15, -0.1) is 11.7 Å². The van der Waals surface area contributed by atoms with Crippen LogP contribution < -0.4 is 5.56 Å². The highest BCUT2D eigenvalue weighted by atomic mass is 16.2. The van der Waals surface area contributed by atoms with Crippen LogP contribution in [0.4, 0.5) is 0 Å². The van der Waals surface area contributed by atoms with Crippen molar-refractivity contribution in [3.63, 3.8) is 0 Å². The van der Waals surface area contributed by atoms with E-state index in [0.29, 0.717) is 42.5 Å². The molecule has 5 rings (SSSR count). The molecule has 0 saturated heterocycles. The molecule has 34 heavy (non-hydrogen) atoms. The number of carbonyl (C=O) groups is 1. The lowest BCUT2D eigenvalue weighted by molar-refractivity contribution is -0.131. The number of benzene rings is 2. The summed E-state index contributed by atoms with van der Waals surface area (Å²) < 4.78 is 3.22. The number of carbonyl (C=O) groups excluding carboxylic acids is 1. The van der Waals surface area contributed by atoms with Gasteiger partial charge in [0.25, 0.3) is 5.56 Å². The molecule has 172 valence electrons. The molecular weight excluding hydrogens is 426 g/mol. The van der Waals surface area contributed by atoms with E-state index < -0.39 is 0 Å². The molecule has 0 saturated carbocycles. The van der Waals surface area contributed by atoms with Gasteiger partial charge in [-0.2, -0.15) is 9.50 Å². The highest BCUT2D eigenvalue weighted by Gasteiger charge is 2.24. The maximum absolute atomic E-state index is 13.5. The van der Waals surface area contributed by atoms with Gasteiger partial charge in [0.15, 0.2) is 5.82 Å². The number of aromatic nitrogens is 4. The fraction of sp³-hybridized carbons (Fsp3) is 0.259. The molecule has 1 aliphatic heterocycles. The van der Waals surface area contributed by atoms with E-state index in [1.807, 2.05) is 59.7 Å². The summed E-state index contributed by atoms with van der Waals surface area (Å²) in [4.78, 5) is 33.2. The number of nitrogens with zero attached hydrogens (tertiary/aromatic N) is 5. The summed E-state index contributed by atoms with van der Waals surface area (Å²) in [7, 11) is 0. The third-order valence-corrected chi connectivity index (χ3v) is 6.56. The van der Waals surface area contributed by atoms with Gasteiger partial charge >= 0.3 is 0 Å². The Bertz CT molecular complexity index is 1460. The Morgan fingerprint density at radius 3 is 2.56 bits per heavy atom. The molecule has 0 aliphatic carbocycles. The van der Waals surface area contributed by atoms with Crippen molar-refractivity contribution >= 4 is 11.7 Å². The monoisotopic (exact) mass is 453 g/mol. The number of rotatable bonds is 5. The molecule has 2 aromatic carbocycles. The first-order valence-electron chi connectivity index (χ1n) is 11.5. The Labute approximate surface area is 198 Å². The van der Waals surface area contributed by atoms with Gasteiger partial charge in [0, 0.05) is 36.5 Å². The van der Waals surface area contributed by atoms with Crippen molar-refractivity contribution in [2.75, 3.05) is 6.54 Å². The van der Waals surface area contributed by atoms with E-state index in [1.54, 1.807) is 6.08 Å². The third-order valence-electron chi connectivity index (χ3n) is 6.56. The van der Waals surface area contributed by atoms with E-state index in [1.165, 1.54) is 10.1 Å². The summed E-state index contributed by atoms with van der Waals surface area (Å²) in [6.07, 6.45) is 2.61. The van der Waals surface area contributed by atoms with Gasteiger partial charge in [-0.25, -0.2) is 0 Å². The minimum atomic E-state index is -0.301. The molecule has 0 N–H and O–H groups in total. The van der Waals surface area contributed by atoms with Crippen molar-refractivity contribution in [2.45, 2.75) is 39.8 Å². The van der Waals surface area contributed by atoms with Gasteiger partial charge in [0.2, 0.25) is 11.7 Å². The summed E-state index contributed by atoms with van der Waals surface area (Å²) in [6, 6.07) is 16.1. The third kappa shape index (κ3) is 3.83. The van der Waals surface area contributed by atoms with Crippen molar-refractivity contribution in [1.82, 2.24) is 24.1 Å². The predicted molar refractivity (Wildman–Crippen MR) is 132 cm³/mol. The standard InChI is InChI=1S/C27H27N5O2/c1-4-14-31-19(3)23(16-24(33)30-15-13-20-7-5-6-8-22(20)17-30)26(34)32-27(31)28-25(29-32)21-11-9-18(2)10-12-21/h4-12H,1,13-17H2,2-3H3. The maximum atomic E-state index is 13.5. The molecule has 0 fully saturated rings. The summed E-state index contributed by atoms with van der Waals surface area (Å²) in [5.41, 5.74) is 5.27. The molecule has 1 aliphatic rings. The van der Waals surface area contributed by atoms with E-state index in [-0.39, 0.29) is 17.9 Å². The molecule has 0 spiro atoms. The molecule has 7 heteroatoms. The SMILES string of the molecule is C=CCn1c(C)c(CC(=O)N2CCc3ccccc3C2)c(=O)n2nc(-c3ccc(C)cc3)nc12. The van der Waals surface area contributed by atoms with Gasteiger partial charge in [-0.05, 0) is 31.4 Å². The molecule has 3 heterocycles. The van der Waals surface area contributed by atoms with E-state index in [0.717, 1.165) is 23.1 Å². The zero-order valence-electron chi connectivity index (χ0n) is 19.5.